The van der Waals surface area contributed by atoms with Crippen LogP contribution in [0.15, 0.2) is 0 Å². The standard InChI is InChI=1S/C14H29N3O2/c1-14(16,13(15)18)7-3-4-8-17(2)11-12-5-9-19-10-6-12/h12H,3-11,16H2,1-2H3,(H2,15,18). The predicted molar refractivity (Wildman–Crippen MR) is 76.7 cm³/mol. The van der Waals surface area contributed by atoms with Gasteiger partial charge in [0.25, 0.3) is 0 Å². The molecule has 0 spiro atoms. The van der Waals surface area contributed by atoms with E-state index >= 15 is 0 Å². The molecule has 1 aliphatic heterocycles. The molecule has 0 bridgehead atoms. The van der Waals surface area contributed by atoms with Gasteiger partial charge in [-0.3, -0.25) is 4.79 Å². The molecule has 1 amide bonds. The second-order valence-electron chi connectivity index (χ2n) is 6.06. The van der Waals surface area contributed by atoms with Crippen molar-refractivity contribution in [3.63, 3.8) is 0 Å². The highest BCUT2D eigenvalue weighted by Gasteiger charge is 2.24. The lowest BCUT2D eigenvalue weighted by Crippen LogP contribution is -2.49. The number of carbonyl (C=O) groups excluding carboxylic acids is 1. The third-order valence-electron chi connectivity index (χ3n) is 3.96. The lowest BCUT2D eigenvalue weighted by molar-refractivity contribution is -0.122. The lowest BCUT2D eigenvalue weighted by atomic mass is 9.95. The Bertz CT molecular complexity index is 276. The Kier molecular flexibility index (Phi) is 6.75. The highest BCUT2D eigenvalue weighted by atomic mass is 16.5. The third kappa shape index (κ3) is 6.36. The Morgan fingerprint density at radius 3 is 2.58 bits per heavy atom. The van der Waals surface area contributed by atoms with Gasteiger partial charge in [-0.15, -0.1) is 0 Å². The number of hydrogen-bond acceptors (Lipinski definition) is 4. The van der Waals surface area contributed by atoms with Gasteiger partial charge in [0, 0.05) is 19.8 Å². The van der Waals surface area contributed by atoms with E-state index in [1.54, 1.807) is 6.92 Å². The van der Waals surface area contributed by atoms with Gasteiger partial charge in [-0.2, -0.15) is 0 Å². The number of ether oxygens (including phenoxy) is 1. The molecule has 1 unspecified atom stereocenters. The molecule has 1 heterocycles. The van der Waals surface area contributed by atoms with Crippen LogP contribution < -0.4 is 11.5 Å². The number of hydrogen-bond donors (Lipinski definition) is 2. The zero-order valence-corrected chi connectivity index (χ0v) is 12.4. The average Bonchev–Trinajstić information content (AvgIpc) is 2.36. The second-order valence-corrected chi connectivity index (χ2v) is 6.06. The summed E-state index contributed by atoms with van der Waals surface area (Å²) in [6, 6.07) is 0. The molecule has 0 aromatic rings. The normalized spacial score (nSPS) is 20.4. The molecule has 4 N–H and O–H groups in total. The SMILES string of the molecule is CN(CCCCC(C)(N)C(N)=O)CC1CCOCC1. The van der Waals surface area contributed by atoms with Crippen LogP contribution in [0.5, 0.6) is 0 Å². The Labute approximate surface area is 116 Å². The van der Waals surface area contributed by atoms with E-state index in [0.717, 1.165) is 45.1 Å². The maximum atomic E-state index is 11.1. The van der Waals surface area contributed by atoms with E-state index < -0.39 is 11.4 Å². The van der Waals surface area contributed by atoms with E-state index in [-0.39, 0.29) is 0 Å². The Morgan fingerprint density at radius 2 is 2.00 bits per heavy atom. The number of carbonyl (C=O) groups is 1. The fourth-order valence-electron chi connectivity index (χ4n) is 2.46. The van der Waals surface area contributed by atoms with Crippen LogP contribution in [0.1, 0.15) is 39.0 Å². The molecule has 0 aromatic carbocycles. The monoisotopic (exact) mass is 271 g/mol. The Balaban J connectivity index is 2.09. The molecule has 1 aliphatic rings. The van der Waals surface area contributed by atoms with Crippen LogP contribution in [0.4, 0.5) is 0 Å². The van der Waals surface area contributed by atoms with Crippen molar-refractivity contribution < 1.29 is 9.53 Å². The maximum absolute atomic E-state index is 11.1. The summed E-state index contributed by atoms with van der Waals surface area (Å²) in [4.78, 5) is 13.5. The van der Waals surface area contributed by atoms with E-state index in [2.05, 4.69) is 11.9 Å². The lowest BCUT2D eigenvalue weighted by Gasteiger charge is -2.27. The predicted octanol–water partition coefficient (Wildman–Crippen LogP) is 0.718. The van der Waals surface area contributed by atoms with Gasteiger partial charge < -0.3 is 21.1 Å². The minimum Gasteiger partial charge on any atom is -0.381 e. The Hall–Kier alpha value is -0.650. The summed E-state index contributed by atoms with van der Waals surface area (Å²) in [5.74, 6) is 0.354. The van der Waals surface area contributed by atoms with Gasteiger partial charge in [0.1, 0.15) is 0 Å². The first-order valence-electron chi connectivity index (χ1n) is 7.27. The molecular weight excluding hydrogens is 242 g/mol. The van der Waals surface area contributed by atoms with E-state index in [9.17, 15) is 4.79 Å². The molecule has 0 radical (unpaired) electrons. The number of rotatable bonds is 8. The zero-order chi connectivity index (χ0) is 14.3. The van der Waals surface area contributed by atoms with E-state index in [0.29, 0.717) is 6.42 Å². The van der Waals surface area contributed by atoms with Crippen LogP contribution in [0, 0.1) is 5.92 Å². The molecule has 1 rings (SSSR count). The van der Waals surface area contributed by atoms with Gasteiger partial charge in [-0.25, -0.2) is 0 Å². The van der Waals surface area contributed by atoms with Gasteiger partial charge in [-0.1, -0.05) is 0 Å². The summed E-state index contributed by atoms with van der Waals surface area (Å²) in [5, 5.41) is 0. The molecule has 0 aliphatic carbocycles. The first-order chi connectivity index (χ1) is 8.92. The van der Waals surface area contributed by atoms with Crippen molar-refractivity contribution in [2.24, 2.45) is 17.4 Å². The smallest absolute Gasteiger partial charge is 0.237 e. The molecule has 5 heteroatoms. The van der Waals surface area contributed by atoms with Crippen LogP contribution >= 0.6 is 0 Å². The molecule has 1 fully saturated rings. The number of nitrogens with two attached hydrogens (primary N) is 2. The van der Waals surface area contributed by atoms with Crippen molar-refractivity contribution in [3.8, 4) is 0 Å². The number of unbranched alkanes of at least 4 members (excludes halogenated alkanes) is 1. The zero-order valence-electron chi connectivity index (χ0n) is 12.4. The maximum Gasteiger partial charge on any atom is 0.237 e. The minimum atomic E-state index is -0.862. The first kappa shape index (κ1) is 16.4. The van der Waals surface area contributed by atoms with Crippen molar-refractivity contribution in [3.05, 3.63) is 0 Å². The van der Waals surface area contributed by atoms with Crippen LogP contribution in [-0.2, 0) is 9.53 Å². The van der Waals surface area contributed by atoms with Gasteiger partial charge in [-0.05, 0) is 58.5 Å². The first-order valence-corrected chi connectivity index (χ1v) is 7.27. The summed E-state index contributed by atoms with van der Waals surface area (Å²) in [7, 11) is 2.16. The molecule has 1 atom stereocenters. The van der Waals surface area contributed by atoms with Crippen LogP contribution in [0.25, 0.3) is 0 Å². The van der Waals surface area contributed by atoms with Crippen molar-refractivity contribution in [2.75, 3.05) is 33.4 Å². The minimum absolute atomic E-state index is 0.414. The van der Waals surface area contributed by atoms with Crippen molar-refractivity contribution in [1.82, 2.24) is 4.90 Å². The third-order valence-corrected chi connectivity index (χ3v) is 3.96. The molecule has 1 saturated heterocycles. The summed E-state index contributed by atoms with van der Waals surface area (Å²) in [6.07, 6.45) is 5.00. The Morgan fingerprint density at radius 1 is 1.37 bits per heavy atom. The van der Waals surface area contributed by atoms with Crippen molar-refractivity contribution in [1.29, 1.82) is 0 Å². The highest BCUT2D eigenvalue weighted by molar-refractivity contribution is 5.83. The highest BCUT2D eigenvalue weighted by Crippen LogP contribution is 2.16. The van der Waals surface area contributed by atoms with E-state index in [4.69, 9.17) is 16.2 Å². The van der Waals surface area contributed by atoms with E-state index in [1.165, 1.54) is 12.8 Å². The van der Waals surface area contributed by atoms with Gasteiger partial charge in [0.15, 0.2) is 0 Å². The number of primary amides is 1. The van der Waals surface area contributed by atoms with Gasteiger partial charge in [0.2, 0.25) is 5.91 Å². The molecule has 0 saturated carbocycles. The second kappa shape index (κ2) is 7.82. The molecule has 112 valence electrons. The van der Waals surface area contributed by atoms with Crippen LogP contribution in [-0.4, -0.2) is 49.7 Å². The van der Waals surface area contributed by atoms with Crippen LogP contribution in [0.3, 0.4) is 0 Å². The number of amides is 1. The summed E-state index contributed by atoms with van der Waals surface area (Å²) >= 11 is 0. The average molecular weight is 271 g/mol. The number of nitrogens with zero attached hydrogens (tertiary/aromatic N) is 1. The molecule has 0 aromatic heterocycles. The van der Waals surface area contributed by atoms with E-state index in [1.807, 2.05) is 0 Å². The van der Waals surface area contributed by atoms with Gasteiger partial charge in [0.05, 0.1) is 5.54 Å². The van der Waals surface area contributed by atoms with Crippen LogP contribution in [0.2, 0.25) is 0 Å². The fourth-order valence-corrected chi connectivity index (χ4v) is 2.46. The molecular formula is C14H29N3O2. The van der Waals surface area contributed by atoms with Gasteiger partial charge >= 0.3 is 0 Å². The topological polar surface area (TPSA) is 81.6 Å². The summed E-state index contributed by atoms with van der Waals surface area (Å²) in [5.41, 5.74) is 10.2. The molecule has 19 heavy (non-hydrogen) atoms. The fraction of sp³-hybridized carbons (Fsp3) is 0.929. The quantitative estimate of drug-likeness (QED) is 0.637. The molecule has 5 nitrogen and oxygen atoms in total. The summed E-state index contributed by atoms with van der Waals surface area (Å²) < 4.78 is 5.36. The van der Waals surface area contributed by atoms with Crippen molar-refractivity contribution in [2.45, 2.75) is 44.6 Å². The largest absolute Gasteiger partial charge is 0.381 e. The van der Waals surface area contributed by atoms with Crippen molar-refractivity contribution >= 4 is 5.91 Å². The summed E-state index contributed by atoms with van der Waals surface area (Å²) in [6.45, 7) is 5.71.